The number of nitrogens with zero attached hydrogens (tertiary/aromatic N) is 2. The topological polar surface area (TPSA) is 86.8 Å². The van der Waals surface area contributed by atoms with Gasteiger partial charge in [-0.3, -0.25) is 13.9 Å². The number of rotatable bonds is 12. The van der Waals surface area contributed by atoms with E-state index < -0.39 is 28.5 Å². The zero-order valence-corrected chi connectivity index (χ0v) is 25.9. The molecule has 0 unspecified atom stereocenters. The van der Waals surface area contributed by atoms with Crippen LogP contribution in [0.15, 0.2) is 83.8 Å². The van der Waals surface area contributed by atoms with Crippen molar-refractivity contribution < 1.29 is 18.0 Å². The smallest absolute Gasteiger partial charge is 0.264 e. The average Bonchev–Trinajstić information content (AvgIpc) is 3.01. The summed E-state index contributed by atoms with van der Waals surface area (Å²) in [5.74, 6) is -0.675. The molecule has 0 spiro atoms. The fourth-order valence-electron chi connectivity index (χ4n) is 5.40. The minimum Gasteiger partial charge on any atom is -0.352 e. The van der Waals surface area contributed by atoms with Crippen molar-refractivity contribution >= 4 is 39.1 Å². The summed E-state index contributed by atoms with van der Waals surface area (Å²) in [4.78, 5) is 29.4. The standard InChI is InChI=1S/C33H40ClN3O4S/c1-3-25-17-21-29(22-18-25)37(42(40,41)30-13-9-6-10-14-30)24-32(38)36(23-26-15-19-27(34)20-16-26)31(4-2)33(39)35-28-11-7-5-8-12-28/h6,9-10,13-22,28,31H,3-5,7-8,11-12,23-24H2,1-2H3,(H,35,39)/t31-/m0/s1. The van der Waals surface area contributed by atoms with Crippen molar-refractivity contribution in [1.82, 2.24) is 10.2 Å². The summed E-state index contributed by atoms with van der Waals surface area (Å²) in [6, 6.07) is 21.7. The molecule has 9 heteroatoms. The molecule has 0 bridgehead atoms. The predicted molar refractivity (Wildman–Crippen MR) is 168 cm³/mol. The van der Waals surface area contributed by atoms with Crippen LogP contribution < -0.4 is 9.62 Å². The van der Waals surface area contributed by atoms with Gasteiger partial charge in [0.15, 0.2) is 0 Å². The van der Waals surface area contributed by atoms with E-state index >= 15 is 0 Å². The Morgan fingerprint density at radius 3 is 2.10 bits per heavy atom. The summed E-state index contributed by atoms with van der Waals surface area (Å²) in [5, 5.41) is 3.73. The first kappa shape index (κ1) is 31.6. The first-order chi connectivity index (χ1) is 20.2. The third kappa shape index (κ3) is 7.92. The number of nitrogens with one attached hydrogen (secondary N) is 1. The van der Waals surface area contributed by atoms with Crippen LogP contribution in [-0.4, -0.2) is 43.8 Å². The monoisotopic (exact) mass is 609 g/mol. The van der Waals surface area contributed by atoms with E-state index in [0.29, 0.717) is 17.1 Å². The predicted octanol–water partition coefficient (Wildman–Crippen LogP) is 6.35. The van der Waals surface area contributed by atoms with Crippen LogP contribution in [0.25, 0.3) is 0 Å². The number of amides is 2. The number of carbonyl (C=O) groups is 2. The third-order valence-electron chi connectivity index (χ3n) is 7.85. The molecule has 42 heavy (non-hydrogen) atoms. The maximum Gasteiger partial charge on any atom is 0.264 e. The van der Waals surface area contributed by atoms with Gasteiger partial charge in [-0.15, -0.1) is 0 Å². The molecular weight excluding hydrogens is 570 g/mol. The van der Waals surface area contributed by atoms with E-state index in [0.717, 1.165) is 54.0 Å². The Bertz CT molecular complexity index is 1420. The average molecular weight is 610 g/mol. The second-order valence-corrected chi connectivity index (χ2v) is 13.1. The van der Waals surface area contributed by atoms with Gasteiger partial charge < -0.3 is 10.2 Å². The molecule has 1 N–H and O–H groups in total. The zero-order valence-electron chi connectivity index (χ0n) is 24.3. The lowest BCUT2D eigenvalue weighted by Gasteiger charge is -2.34. The number of halogens is 1. The molecule has 3 aromatic rings. The fraction of sp³-hybridized carbons (Fsp3) is 0.394. The molecular formula is C33H40ClN3O4S. The molecule has 0 aliphatic heterocycles. The van der Waals surface area contributed by atoms with Crippen LogP contribution >= 0.6 is 11.6 Å². The number of hydrogen-bond donors (Lipinski definition) is 1. The van der Waals surface area contributed by atoms with Crippen LogP contribution in [0.5, 0.6) is 0 Å². The normalized spacial score (nSPS) is 14.6. The lowest BCUT2D eigenvalue weighted by molar-refractivity contribution is -0.140. The number of anilines is 1. The molecule has 1 aliphatic carbocycles. The molecule has 1 aliphatic rings. The quantitative estimate of drug-likeness (QED) is 0.259. The van der Waals surface area contributed by atoms with Crippen LogP contribution in [0.3, 0.4) is 0 Å². The fourth-order valence-corrected chi connectivity index (χ4v) is 6.96. The molecule has 3 aromatic carbocycles. The van der Waals surface area contributed by atoms with Gasteiger partial charge in [0.2, 0.25) is 11.8 Å². The minimum absolute atomic E-state index is 0.0832. The van der Waals surface area contributed by atoms with Crippen LogP contribution in [0.2, 0.25) is 5.02 Å². The summed E-state index contributed by atoms with van der Waals surface area (Å²) < 4.78 is 29.0. The van der Waals surface area contributed by atoms with E-state index in [1.54, 1.807) is 42.5 Å². The molecule has 4 rings (SSSR count). The molecule has 224 valence electrons. The summed E-state index contributed by atoms with van der Waals surface area (Å²) >= 11 is 6.11. The Morgan fingerprint density at radius 2 is 1.50 bits per heavy atom. The first-order valence-corrected chi connectivity index (χ1v) is 16.6. The van der Waals surface area contributed by atoms with Crippen molar-refractivity contribution in [3.05, 3.63) is 95.0 Å². The maximum atomic E-state index is 14.2. The molecule has 1 fully saturated rings. The number of hydrogen-bond acceptors (Lipinski definition) is 4. The second kappa shape index (κ2) is 14.7. The zero-order chi connectivity index (χ0) is 30.1. The SMILES string of the molecule is CCc1ccc(N(CC(=O)N(Cc2ccc(Cl)cc2)[C@@H](CC)C(=O)NC2CCCCC2)S(=O)(=O)c2ccccc2)cc1. The van der Waals surface area contributed by atoms with E-state index in [-0.39, 0.29) is 23.4 Å². The van der Waals surface area contributed by atoms with Gasteiger partial charge in [-0.1, -0.05) is 87.2 Å². The third-order valence-corrected chi connectivity index (χ3v) is 9.89. The van der Waals surface area contributed by atoms with Crippen molar-refractivity contribution in [2.24, 2.45) is 0 Å². The van der Waals surface area contributed by atoms with Gasteiger partial charge in [0.1, 0.15) is 12.6 Å². The van der Waals surface area contributed by atoms with E-state index in [4.69, 9.17) is 11.6 Å². The lowest BCUT2D eigenvalue weighted by atomic mass is 9.95. The molecule has 0 radical (unpaired) electrons. The molecule has 0 aromatic heterocycles. The molecule has 0 saturated heterocycles. The van der Waals surface area contributed by atoms with E-state index in [1.165, 1.54) is 17.0 Å². The number of sulfonamides is 1. The maximum absolute atomic E-state index is 14.2. The van der Waals surface area contributed by atoms with Crippen molar-refractivity contribution in [3.8, 4) is 0 Å². The molecule has 2 amide bonds. The first-order valence-electron chi connectivity index (χ1n) is 14.7. The minimum atomic E-state index is -4.09. The van der Waals surface area contributed by atoms with Gasteiger partial charge >= 0.3 is 0 Å². The molecule has 7 nitrogen and oxygen atoms in total. The van der Waals surface area contributed by atoms with Crippen LogP contribution in [-0.2, 0) is 32.6 Å². The Hall–Kier alpha value is -3.36. The van der Waals surface area contributed by atoms with Crippen LogP contribution in [0.1, 0.15) is 63.5 Å². The Labute approximate surface area is 254 Å². The Balaban J connectivity index is 1.69. The Morgan fingerprint density at radius 1 is 0.881 bits per heavy atom. The van der Waals surface area contributed by atoms with Gasteiger partial charge in [0.05, 0.1) is 10.6 Å². The second-order valence-electron chi connectivity index (χ2n) is 10.8. The van der Waals surface area contributed by atoms with Gasteiger partial charge in [-0.05, 0) is 73.2 Å². The summed E-state index contributed by atoms with van der Waals surface area (Å²) in [6.45, 7) is 3.58. The highest BCUT2D eigenvalue weighted by Gasteiger charge is 2.34. The van der Waals surface area contributed by atoms with Crippen LogP contribution in [0.4, 0.5) is 5.69 Å². The molecule has 0 heterocycles. The molecule has 1 atom stereocenters. The number of benzene rings is 3. The highest BCUT2D eigenvalue weighted by Crippen LogP contribution is 2.26. The number of carbonyl (C=O) groups excluding carboxylic acids is 2. The number of aryl methyl sites for hydroxylation is 1. The largest absolute Gasteiger partial charge is 0.352 e. The highest BCUT2D eigenvalue weighted by molar-refractivity contribution is 7.92. The van der Waals surface area contributed by atoms with Gasteiger partial charge in [-0.2, -0.15) is 0 Å². The van der Waals surface area contributed by atoms with E-state index in [2.05, 4.69) is 5.32 Å². The van der Waals surface area contributed by atoms with Gasteiger partial charge in [0, 0.05) is 17.6 Å². The lowest BCUT2D eigenvalue weighted by Crippen LogP contribution is -2.54. The highest BCUT2D eigenvalue weighted by atomic mass is 35.5. The molecule has 1 saturated carbocycles. The van der Waals surface area contributed by atoms with E-state index in [9.17, 15) is 18.0 Å². The van der Waals surface area contributed by atoms with Crippen molar-refractivity contribution in [3.63, 3.8) is 0 Å². The van der Waals surface area contributed by atoms with Crippen LogP contribution in [0, 0.1) is 0 Å². The summed E-state index contributed by atoms with van der Waals surface area (Å²) in [6.07, 6.45) is 6.32. The van der Waals surface area contributed by atoms with Gasteiger partial charge in [0.25, 0.3) is 10.0 Å². The van der Waals surface area contributed by atoms with Crippen molar-refractivity contribution in [2.45, 2.75) is 82.3 Å². The Kier molecular flexibility index (Phi) is 11.0. The summed E-state index contributed by atoms with van der Waals surface area (Å²) in [5.41, 5.74) is 2.23. The van der Waals surface area contributed by atoms with Gasteiger partial charge in [-0.25, -0.2) is 8.42 Å². The summed E-state index contributed by atoms with van der Waals surface area (Å²) in [7, 11) is -4.09. The van der Waals surface area contributed by atoms with E-state index in [1.807, 2.05) is 38.1 Å². The van der Waals surface area contributed by atoms with Crippen molar-refractivity contribution in [2.75, 3.05) is 10.8 Å². The van der Waals surface area contributed by atoms with Crippen molar-refractivity contribution in [1.29, 1.82) is 0 Å².